The smallest absolute Gasteiger partial charge is 0.246 e. The molecule has 33 heavy (non-hydrogen) atoms. The first-order valence-corrected chi connectivity index (χ1v) is 11.3. The molecule has 1 aromatic heterocycles. The Labute approximate surface area is 194 Å². The molecule has 2 heterocycles. The van der Waals surface area contributed by atoms with Gasteiger partial charge in [0.2, 0.25) is 11.8 Å². The van der Waals surface area contributed by atoms with Crippen molar-refractivity contribution in [2.24, 2.45) is 5.92 Å². The number of amides is 2. The third kappa shape index (κ3) is 6.95. The van der Waals surface area contributed by atoms with Gasteiger partial charge in [-0.25, -0.2) is 4.39 Å². The van der Waals surface area contributed by atoms with Gasteiger partial charge in [-0.05, 0) is 50.2 Å². The number of carbonyl (C=O) groups excluding carboxylic acids is 2. The maximum absolute atomic E-state index is 13.1. The first-order chi connectivity index (χ1) is 15.7. The van der Waals surface area contributed by atoms with Gasteiger partial charge in [-0.3, -0.25) is 9.59 Å². The van der Waals surface area contributed by atoms with E-state index in [1.165, 1.54) is 18.2 Å². The zero-order valence-corrected chi connectivity index (χ0v) is 19.8. The summed E-state index contributed by atoms with van der Waals surface area (Å²) in [4.78, 5) is 28.8. The third-order valence-electron chi connectivity index (χ3n) is 5.47. The van der Waals surface area contributed by atoms with Crippen LogP contribution in [0.3, 0.4) is 0 Å². The number of hydrogen-bond acceptors (Lipinski definition) is 5. The number of nitrogens with zero attached hydrogens (tertiary/aromatic N) is 5. The normalized spacial score (nSPS) is 15.1. The molecule has 1 aromatic carbocycles. The number of carbonyl (C=O) groups is 2. The quantitative estimate of drug-likeness (QED) is 0.617. The molecule has 0 radical (unpaired) electrons. The zero-order chi connectivity index (χ0) is 24.0. The van der Waals surface area contributed by atoms with Crippen LogP contribution in [0.25, 0.3) is 6.08 Å². The average molecular weight is 457 g/mol. The van der Waals surface area contributed by atoms with Crippen molar-refractivity contribution >= 4 is 17.9 Å². The Morgan fingerprint density at radius 3 is 2.55 bits per heavy atom. The number of likely N-dealkylation sites (N-methyl/N-ethyl adjacent to an activating group) is 1. The number of hydrogen-bond donors (Lipinski definition) is 1. The van der Waals surface area contributed by atoms with E-state index in [-0.39, 0.29) is 23.7 Å². The fraction of sp³-hybridized carbons (Fsp3) is 0.500. The van der Waals surface area contributed by atoms with Gasteiger partial charge in [-0.15, -0.1) is 10.2 Å². The van der Waals surface area contributed by atoms with Gasteiger partial charge < -0.3 is 19.7 Å². The summed E-state index contributed by atoms with van der Waals surface area (Å²) in [5.74, 6) is 1.46. The number of rotatable bonds is 8. The third-order valence-corrected chi connectivity index (χ3v) is 5.47. The number of benzene rings is 1. The van der Waals surface area contributed by atoms with Crippen molar-refractivity contribution in [1.29, 1.82) is 0 Å². The molecule has 0 bridgehead atoms. The van der Waals surface area contributed by atoms with Crippen molar-refractivity contribution in [2.45, 2.75) is 39.3 Å². The summed E-state index contributed by atoms with van der Waals surface area (Å²) in [6.45, 7) is 6.14. The lowest BCUT2D eigenvalue weighted by atomic mass is 10.0. The van der Waals surface area contributed by atoms with Gasteiger partial charge in [0.25, 0.3) is 0 Å². The van der Waals surface area contributed by atoms with Crippen LogP contribution in [-0.4, -0.2) is 70.1 Å². The Morgan fingerprint density at radius 1 is 1.15 bits per heavy atom. The van der Waals surface area contributed by atoms with Crippen molar-refractivity contribution in [1.82, 2.24) is 29.9 Å². The molecule has 9 heteroatoms. The first-order valence-electron chi connectivity index (χ1n) is 11.3. The van der Waals surface area contributed by atoms with Crippen LogP contribution in [0.5, 0.6) is 0 Å². The molecule has 0 saturated carbocycles. The number of fused-ring (bicyclic) bond motifs is 1. The van der Waals surface area contributed by atoms with Crippen LogP contribution < -0.4 is 5.32 Å². The van der Waals surface area contributed by atoms with Crippen molar-refractivity contribution < 1.29 is 14.0 Å². The molecule has 3 rings (SSSR count). The van der Waals surface area contributed by atoms with Crippen LogP contribution in [0.4, 0.5) is 4.39 Å². The highest BCUT2D eigenvalue weighted by Gasteiger charge is 2.26. The number of halogens is 1. The van der Waals surface area contributed by atoms with Crippen molar-refractivity contribution in [2.75, 3.05) is 33.7 Å². The van der Waals surface area contributed by atoms with E-state index in [2.05, 4.69) is 29.4 Å². The SMILES string of the molecule is CC(C)C[C@H](NC(=O)CN(C)C)c1nnc2n1CCN(C(=O)/C=C/c1ccc(F)cc1)CC2. The Hall–Kier alpha value is -3.07. The lowest BCUT2D eigenvalue weighted by Gasteiger charge is -2.22. The minimum atomic E-state index is -0.307. The monoisotopic (exact) mass is 456 g/mol. The minimum Gasteiger partial charge on any atom is -0.345 e. The molecule has 1 atom stereocenters. The van der Waals surface area contributed by atoms with E-state index in [4.69, 9.17) is 0 Å². The fourth-order valence-corrected chi connectivity index (χ4v) is 3.90. The molecule has 1 aliphatic rings. The van der Waals surface area contributed by atoms with Gasteiger partial charge in [0, 0.05) is 32.1 Å². The maximum atomic E-state index is 13.1. The Morgan fingerprint density at radius 2 is 1.88 bits per heavy atom. The molecule has 0 spiro atoms. The minimum absolute atomic E-state index is 0.0562. The topological polar surface area (TPSA) is 83.4 Å². The van der Waals surface area contributed by atoms with Crippen molar-refractivity contribution in [3.63, 3.8) is 0 Å². The summed E-state index contributed by atoms with van der Waals surface area (Å²) >= 11 is 0. The van der Waals surface area contributed by atoms with E-state index in [0.29, 0.717) is 38.5 Å². The lowest BCUT2D eigenvalue weighted by Crippen LogP contribution is -2.37. The second-order valence-corrected chi connectivity index (χ2v) is 9.07. The molecule has 0 unspecified atom stereocenters. The van der Waals surface area contributed by atoms with E-state index in [1.54, 1.807) is 23.1 Å². The second-order valence-electron chi connectivity index (χ2n) is 9.07. The summed E-state index contributed by atoms with van der Waals surface area (Å²) in [7, 11) is 3.71. The summed E-state index contributed by atoms with van der Waals surface area (Å²) in [5.41, 5.74) is 0.768. The second kappa shape index (κ2) is 11.2. The Kier molecular flexibility index (Phi) is 8.32. The van der Waals surface area contributed by atoms with Crippen LogP contribution in [0.15, 0.2) is 30.3 Å². The van der Waals surface area contributed by atoms with Gasteiger partial charge in [0.05, 0.1) is 12.6 Å². The van der Waals surface area contributed by atoms with Gasteiger partial charge in [0.15, 0.2) is 5.82 Å². The first kappa shape index (κ1) is 24.6. The summed E-state index contributed by atoms with van der Waals surface area (Å²) in [6.07, 6.45) is 4.55. The van der Waals surface area contributed by atoms with E-state index in [0.717, 1.165) is 23.6 Å². The molecule has 0 fully saturated rings. The maximum Gasteiger partial charge on any atom is 0.246 e. The molecule has 2 aromatic rings. The van der Waals surface area contributed by atoms with Crippen molar-refractivity contribution in [3.8, 4) is 0 Å². The summed E-state index contributed by atoms with van der Waals surface area (Å²) in [5, 5.41) is 11.9. The highest BCUT2D eigenvalue weighted by Crippen LogP contribution is 2.22. The molecule has 8 nitrogen and oxygen atoms in total. The molecular weight excluding hydrogens is 423 g/mol. The summed E-state index contributed by atoms with van der Waals surface area (Å²) < 4.78 is 15.1. The van der Waals surface area contributed by atoms with Crippen LogP contribution >= 0.6 is 0 Å². The van der Waals surface area contributed by atoms with Gasteiger partial charge in [-0.2, -0.15) is 0 Å². The molecule has 0 saturated heterocycles. The molecule has 0 aliphatic carbocycles. The average Bonchev–Trinajstić information content (AvgIpc) is 3.03. The van der Waals surface area contributed by atoms with Gasteiger partial charge >= 0.3 is 0 Å². The van der Waals surface area contributed by atoms with E-state index in [9.17, 15) is 14.0 Å². The van der Waals surface area contributed by atoms with Gasteiger partial charge in [-0.1, -0.05) is 26.0 Å². The van der Waals surface area contributed by atoms with Crippen LogP contribution in [0, 0.1) is 11.7 Å². The standard InChI is InChI=1S/C24H33FN6O2/c1-17(2)15-20(26-22(32)16-29(3)4)24-28-27-21-11-12-30(13-14-31(21)24)23(33)10-7-18-5-8-19(25)9-6-18/h5-10,17,20H,11-16H2,1-4H3,(H,26,32)/b10-7+/t20-/m0/s1. The number of nitrogens with one attached hydrogen (secondary N) is 1. The molecule has 1 aliphatic heterocycles. The predicted molar refractivity (Wildman–Crippen MR) is 125 cm³/mol. The van der Waals surface area contributed by atoms with Crippen LogP contribution in [-0.2, 0) is 22.6 Å². The van der Waals surface area contributed by atoms with Crippen LogP contribution in [0.1, 0.15) is 43.5 Å². The summed E-state index contributed by atoms with van der Waals surface area (Å²) in [6, 6.07) is 5.77. The largest absolute Gasteiger partial charge is 0.345 e. The zero-order valence-electron chi connectivity index (χ0n) is 19.8. The Balaban J connectivity index is 1.70. The highest BCUT2D eigenvalue weighted by atomic mass is 19.1. The lowest BCUT2D eigenvalue weighted by molar-refractivity contribution is -0.126. The fourth-order valence-electron chi connectivity index (χ4n) is 3.90. The van der Waals surface area contributed by atoms with E-state index in [1.807, 2.05) is 23.6 Å². The predicted octanol–water partition coefficient (Wildman–Crippen LogP) is 2.28. The molecule has 178 valence electrons. The van der Waals surface area contributed by atoms with Gasteiger partial charge in [0.1, 0.15) is 11.6 Å². The highest BCUT2D eigenvalue weighted by molar-refractivity contribution is 5.91. The van der Waals surface area contributed by atoms with E-state index >= 15 is 0 Å². The molecule has 2 amide bonds. The van der Waals surface area contributed by atoms with Crippen LogP contribution in [0.2, 0.25) is 0 Å². The Bertz CT molecular complexity index is 983. The molecule has 1 N–H and O–H groups in total. The molecular formula is C24H33FN6O2. The number of aromatic nitrogens is 3. The van der Waals surface area contributed by atoms with Crippen molar-refractivity contribution in [3.05, 3.63) is 53.4 Å². The van der Waals surface area contributed by atoms with E-state index < -0.39 is 0 Å².